The summed E-state index contributed by atoms with van der Waals surface area (Å²) in [6.07, 6.45) is 0.280. The van der Waals surface area contributed by atoms with Gasteiger partial charge in [0, 0.05) is 17.7 Å². The van der Waals surface area contributed by atoms with Gasteiger partial charge < -0.3 is 9.52 Å². The molecule has 0 saturated carbocycles. The van der Waals surface area contributed by atoms with Crippen LogP contribution < -0.4 is 0 Å². The van der Waals surface area contributed by atoms with E-state index in [1.54, 1.807) is 38.1 Å². The molecule has 0 spiro atoms. The minimum absolute atomic E-state index is 0.167. The van der Waals surface area contributed by atoms with E-state index in [0.29, 0.717) is 17.0 Å². The van der Waals surface area contributed by atoms with Gasteiger partial charge in [0.05, 0.1) is 0 Å². The molecule has 1 aromatic carbocycles. The summed E-state index contributed by atoms with van der Waals surface area (Å²) in [7, 11) is 0. The van der Waals surface area contributed by atoms with Gasteiger partial charge in [0.25, 0.3) is 0 Å². The van der Waals surface area contributed by atoms with Crippen LogP contribution in [0.4, 0.5) is 0 Å². The molecule has 3 rings (SSSR count). The van der Waals surface area contributed by atoms with E-state index in [0.717, 1.165) is 5.01 Å². The fraction of sp³-hybridized carbons (Fsp3) is 0.250. The highest BCUT2D eigenvalue weighted by Gasteiger charge is 2.45. The molecular formula is C16H16N2O3. The third kappa shape index (κ3) is 2.25. The van der Waals surface area contributed by atoms with Crippen molar-refractivity contribution >= 4 is 11.6 Å². The number of rotatable bonds is 2. The first-order valence-corrected chi connectivity index (χ1v) is 6.74. The molecule has 0 bridgehead atoms. The van der Waals surface area contributed by atoms with Gasteiger partial charge in [0.1, 0.15) is 5.76 Å². The Kier molecular flexibility index (Phi) is 3.14. The van der Waals surface area contributed by atoms with E-state index in [4.69, 9.17) is 4.42 Å². The zero-order valence-corrected chi connectivity index (χ0v) is 11.9. The third-order valence-corrected chi connectivity index (χ3v) is 3.50. The van der Waals surface area contributed by atoms with Crippen molar-refractivity contribution in [3.8, 4) is 0 Å². The maximum absolute atomic E-state index is 12.6. The number of hydrogen-bond acceptors (Lipinski definition) is 4. The molecule has 21 heavy (non-hydrogen) atoms. The predicted molar refractivity (Wildman–Crippen MR) is 77.7 cm³/mol. The summed E-state index contributed by atoms with van der Waals surface area (Å²) >= 11 is 0. The number of aliphatic hydroxyl groups is 1. The van der Waals surface area contributed by atoms with E-state index in [-0.39, 0.29) is 12.2 Å². The van der Waals surface area contributed by atoms with Crippen molar-refractivity contribution in [1.29, 1.82) is 0 Å². The second kappa shape index (κ2) is 4.86. The number of nitrogens with zero attached hydrogens (tertiary/aromatic N) is 2. The Morgan fingerprint density at radius 1 is 1.24 bits per heavy atom. The van der Waals surface area contributed by atoms with Crippen LogP contribution in [0.3, 0.4) is 0 Å². The fourth-order valence-corrected chi connectivity index (χ4v) is 2.52. The van der Waals surface area contributed by atoms with Gasteiger partial charge in [-0.3, -0.25) is 4.79 Å². The minimum atomic E-state index is -1.47. The van der Waals surface area contributed by atoms with Crippen LogP contribution in [0.25, 0.3) is 0 Å². The van der Waals surface area contributed by atoms with Gasteiger partial charge in [-0.05, 0) is 26.0 Å². The first-order chi connectivity index (χ1) is 10.0. The molecule has 0 radical (unpaired) electrons. The minimum Gasteiger partial charge on any atom is -0.456 e. The van der Waals surface area contributed by atoms with Crippen molar-refractivity contribution in [2.75, 3.05) is 0 Å². The molecule has 0 aliphatic carbocycles. The molecule has 0 fully saturated rings. The predicted octanol–water partition coefficient (Wildman–Crippen LogP) is 2.66. The molecule has 108 valence electrons. The van der Waals surface area contributed by atoms with Gasteiger partial charge in [0.15, 0.2) is 11.5 Å². The number of furan rings is 1. The van der Waals surface area contributed by atoms with Crippen molar-refractivity contribution in [2.24, 2.45) is 5.10 Å². The standard InChI is InChI=1S/C16H16N2O3/c1-11-10-16(20,13-6-4-3-5-7-13)18(17-11)15(19)14-9-8-12(2)21-14/h3-9,20H,10H2,1-2H3/t16-/m1/s1. The van der Waals surface area contributed by atoms with Gasteiger partial charge in [-0.2, -0.15) is 10.1 Å². The molecule has 1 amide bonds. The Bertz CT molecular complexity index is 705. The number of amides is 1. The number of hydrogen-bond donors (Lipinski definition) is 1. The van der Waals surface area contributed by atoms with Crippen LogP contribution in [0.1, 0.15) is 35.2 Å². The Balaban J connectivity index is 2.01. The first kappa shape index (κ1) is 13.6. The van der Waals surface area contributed by atoms with Crippen molar-refractivity contribution in [3.05, 3.63) is 59.5 Å². The summed E-state index contributed by atoms with van der Waals surface area (Å²) in [4.78, 5) is 12.6. The number of aryl methyl sites for hydroxylation is 1. The Labute approximate surface area is 122 Å². The van der Waals surface area contributed by atoms with Gasteiger partial charge >= 0.3 is 5.91 Å². The lowest BCUT2D eigenvalue weighted by atomic mass is 9.97. The summed E-state index contributed by atoms with van der Waals surface area (Å²) in [5.74, 6) is 0.355. The Hall–Kier alpha value is -2.40. The fourth-order valence-electron chi connectivity index (χ4n) is 2.52. The van der Waals surface area contributed by atoms with Crippen molar-refractivity contribution in [2.45, 2.75) is 26.0 Å². The largest absolute Gasteiger partial charge is 0.456 e. The Morgan fingerprint density at radius 2 is 1.95 bits per heavy atom. The number of benzene rings is 1. The summed E-state index contributed by atoms with van der Waals surface area (Å²) in [5, 5.41) is 16.3. The normalized spacial score (nSPS) is 21.5. The second-order valence-corrected chi connectivity index (χ2v) is 5.22. The molecular weight excluding hydrogens is 268 g/mol. The van der Waals surface area contributed by atoms with Crippen LogP contribution in [-0.4, -0.2) is 21.7 Å². The maximum atomic E-state index is 12.6. The maximum Gasteiger partial charge on any atom is 0.312 e. The summed E-state index contributed by atoms with van der Waals surface area (Å²) in [6.45, 7) is 3.55. The lowest BCUT2D eigenvalue weighted by Gasteiger charge is -2.30. The molecule has 5 heteroatoms. The van der Waals surface area contributed by atoms with E-state index in [1.807, 2.05) is 18.2 Å². The summed E-state index contributed by atoms with van der Waals surface area (Å²) in [5.41, 5.74) is -0.149. The topological polar surface area (TPSA) is 66.0 Å². The number of hydrazone groups is 1. The SMILES string of the molecule is CC1=NN(C(=O)c2ccc(C)o2)[C@](O)(c2ccccc2)C1. The highest BCUT2D eigenvalue weighted by molar-refractivity contribution is 5.96. The lowest BCUT2D eigenvalue weighted by Crippen LogP contribution is -2.43. The van der Waals surface area contributed by atoms with E-state index < -0.39 is 11.6 Å². The lowest BCUT2D eigenvalue weighted by molar-refractivity contribution is -0.0776. The highest BCUT2D eigenvalue weighted by atomic mass is 16.4. The van der Waals surface area contributed by atoms with Crippen LogP contribution in [0.15, 0.2) is 52.0 Å². The monoisotopic (exact) mass is 284 g/mol. The molecule has 0 saturated heterocycles. The molecule has 5 nitrogen and oxygen atoms in total. The number of carbonyl (C=O) groups excluding carboxylic acids is 1. The van der Waals surface area contributed by atoms with Crippen molar-refractivity contribution < 1.29 is 14.3 Å². The smallest absolute Gasteiger partial charge is 0.312 e. The van der Waals surface area contributed by atoms with Crippen LogP contribution in [-0.2, 0) is 5.72 Å². The average molecular weight is 284 g/mol. The van der Waals surface area contributed by atoms with Gasteiger partial charge in [-0.1, -0.05) is 30.3 Å². The van der Waals surface area contributed by atoms with Gasteiger partial charge in [0.2, 0.25) is 0 Å². The molecule has 2 aromatic rings. The van der Waals surface area contributed by atoms with E-state index in [1.165, 1.54) is 0 Å². The summed E-state index contributed by atoms with van der Waals surface area (Å²) < 4.78 is 5.35. The highest BCUT2D eigenvalue weighted by Crippen LogP contribution is 2.36. The summed E-state index contributed by atoms with van der Waals surface area (Å²) in [6, 6.07) is 12.4. The van der Waals surface area contributed by atoms with Gasteiger partial charge in [-0.15, -0.1) is 0 Å². The first-order valence-electron chi connectivity index (χ1n) is 6.74. The zero-order valence-electron chi connectivity index (χ0n) is 11.9. The van der Waals surface area contributed by atoms with Crippen molar-refractivity contribution in [1.82, 2.24) is 5.01 Å². The molecule has 1 N–H and O–H groups in total. The molecule has 0 unspecified atom stereocenters. The van der Waals surface area contributed by atoms with Crippen LogP contribution in [0.5, 0.6) is 0 Å². The molecule has 1 atom stereocenters. The van der Waals surface area contributed by atoms with Crippen LogP contribution in [0.2, 0.25) is 0 Å². The second-order valence-electron chi connectivity index (χ2n) is 5.22. The van der Waals surface area contributed by atoms with Gasteiger partial charge in [-0.25, -0.2) is 0 Å². The Morgan fingerprint density at radius 3 is 2.57 bits per heavy atom. The van der Waals surface area contributed by atoms with E-state index in [2.05, 4.69) is 5.10 Å². The molecule has 2 heterocycles. The quantitative estimate of drug-likeness (QED) is 0.922. The molecule has 1 aliphatic heterocycles. The molecule has 1 aliphatic rings. The van der Waals surface area contributed by atoms with Crippen LogP contribution >= 0.6 is 0 Å². The third-order valence-electron chi connectivity index (χ3n) is 3.50. The van der Waals surface area contributed by atoms with Crippen molar-refractivity contribution in [3.63, 3.8) is 0 Å². The van der Waals surface area contributed by atoms with E-state index >= 15 is 0 Å². The number of carbonyl (C=O) groups is 1. The zero-order chi connectivity index (χ0) is 15.0. The molecule has 1 aromatic heterocycles. The van der Waals surface area contributed by atoms with Crippen LogP contribution in [0, 0.1) is 6.92 Å². The average Bonchev–Trinajstić information content (AvgIpc) is 3.03. The van der Waals surface area contributed by atoms with E-state index in [9.17, 15) is 9.90 Å².